The van der Waals surface area contributed by atoms with Gasteiger partial charge in [-0.2, -0.15) is 5.26 Å². The first-order valence-electron chi connectivity index (χ1n) is 9.26. The van der Waals surface area contributed by atoms with Gasteiger partial charge in [-0.15, -0.1) is 0 Å². The quantitative estimate of drug-likeness (QED) is 0.482. The van der Waals surface area contributed by atoms with E-state index < -0.39 is 17.9 Å². The van der Waals surface area contributed by atoms with E-state index in [4.69, 9.17) is 5.11 Å². The number of nitrogens with zero attached hydrogens (tertiary/aromatic N) is 3. The lowest BCUT2D eigenvalue weighted by Crippen LogP contribution is -2.44. The van der Waals surface area contributed by atoms with Gasteiger partial charge in [-0.05, 0) is 37.2 Å². The minimum atomic E-state index is -1.13. The molecule has 3 N–H and O–H groups in total. The smallest absolute Gasteiger partial charge is 0.326 e. The Morgan fingerprint density at radius 2 is 1.79 bits per heavy atom. The molecule has 0 spiro atoms. The third-order valence-electron chi connectivity index (χ3n) is 4.70. The summed E-state index contributed by atoms with van der Waals surface area (Å²) < 4.78 is 0. The fraction of sp³-hybridized carbons (Fsp3) is 0.450. The molecule has 0 aliphatic carbocycles. The number of piperazine rings is 1. The SMILES string of the molecule is CC(C)C(NC(=O)/C(C#N)=C\Nc1ccc(N2CCN(C)CC2)cc1)C(=O)O. The molecular weight excluding hydrogens is 358 g/mol. The van der Waals surface area contributed by atoms with Gasteiger partial charge in [0.05, 0.1) is 0 Å². The summed E-state index contributed by atoms with van der Waals surface area (Å²) in [6.07, 6.45) is 1.29. The Balaban J connectivity index is 1.99. The minimum Gasteiger partial charge on any atom is -0.480 e. The summed E-state index contributed by atoms with van der Waals surface area (Å²) in [6, 6.07) is 8.50. The van der Waals surface area contributed by atoms with E-state index in [1.807, 2.05) is 24.3 Å². The van der Waals surface area contributed by atoms with Crippen molar-refractivity contribution in [1.29, 1.82) is 5.26 Å². The first-order valence-corrected chi connectivity index (χ1v) is 9.26. The average molecular weight is 385 g/mol. The molecule has 1 unspecified atom stereocenters. The van der Waals surface area contributed by atoms with Crippen LogP contribution in [0.25, 0.3) is 0 Å². The highest BCUT2D eigenvalue weighted by Gasteiger charge is 2.24. The number of nitriles is 1. The van der Waals surface area contributed by atoms with Crippen LogP contribution < -0.4 is 15.5 Å². The van der Waals surface area contributed by atoms with Crippen molar-refractivity contribution >= 4 is 23.3 Å². The van der Waals surface area contributed by atoms with Crippen molar-refractivity contribution in [2.75, 3.05) is 43.4 Å². The number of rotatable bonds is 7. The number of hydrogen-bond acceptors (Lipinski definition) is 6. The predicted molar refractivity (Wildman–Crippen MR) is 108 cm³/mol. The number of hydrogen-bond donors (Lipinski definition) is 3. The van der Waals surface area contributed by atoms with Gasteiger partial charge in [-0.25, -0.2) is 4.79 Å². The van der Waals surface area contributed by atoms with Crippen molar-refractivity contribution in [1.82, 2.24) is 10.2 Å². The second-order valence-electron chi connectivity index (χ2n) is 7.18. The molecule has 8 heteroatoms. The van der Waals surface area contributed by atoms with Crippen LogP contribution in [0.1, 0.15) is 13.8 Å². The maximum absolute atomic E-state index is 12.2. The van der Waals surface area contributed by atoms with Crippen LogP contribution in [0, 0.1) is 17.2 Å². The molecular formula is C20H27N5O3. The van der Waals surface area contributed by atoms with Crippen LogP contribution in [0.2, 0.25) is 0 Å². The van der Waals surface area contributed by atoms with Crippen LogP contribution in [-0.2, 0) is 9.59 Å². The summed E-state index contributed by atoms with van der Waals surface area (Å²) in [5.41, 5.74) is 1.68. The van der Waals surface area contributed by atoms with Crippen molar-refractivity contribution in [2.45, 2.75) is 19.9 Å². The maximum atomic E-state index is 12.2. The van der Waals surface area contributed by atoms with Crippen LogP contribution in [0.5, 0.6) is 0 Å². The zero-order chi connectivity index (χ0) is 20.7. The van der Waals surface area contributed by atoms with Crippen molar-refractivity contribution in [3.05, 3.63) is 36.0 Å². The largest absolute Gasteiger partial charge is 0.480 e. The molecule has 150 valence electrons. The number of likely N-dealkylation sites (N-methyl/N-ethyl adjacent to an activating group) is 1. The number of nitrogens with one attached hydrogen (secondary N) is 2. The Bertz CT molecular complexity index is 759. The molecule has 1 aliphatic heterocycles. The third kappa shape index (κ3) is 5.72. The number of benzene rings is 1. The molecule has 1 aromatic carbocycles. The zero-order valence-corrected chi connectivity index (χ0v) is 16.5. The first kappa shape index (κ1) is 21.3. The predicted octanol–water partition coefficient (Wildman–Crippen LogP) is 1.48. The summed E-state index contributed by atoms with van der Waals surface area (Å²) >= 11 is 0. The van der Waals surface area contributed by atoms with Gasteiger partial charge in [0.15, 0.2) is 0 Å². The van der Waals surface area contributed by atoms with Gasteiger partial charge in [0.25, 0.3) is 5.91 Å². The molecule has 2 rings (SSSR count). The van der Waals surface area contributed by atoms with E-state index in [2.05, 4.69) is 27.5 Å². The molecule has 1 heterocycles. The van der Waals surface area contributed by atoms with E-state index in [0.717, 1.165) is 37.6 Å². The molecule has 0 radical (unpaired) electrons. The second-order valence-corrected chi connectivity index (χ2v) is 7.18. The van der Waals surface area contributed by atoms with E-state index in [9.17, 15) is 14.9 Å². The lowest BCUT2D eigenvalue weighted by atomic mass is 10.0. The zero-order valence-electron chi connectivity index (χ0n) is 16.5. The molecule has 1 aromatic rings. The Hall–Kier alpha value is -3.05. The number of aliphatic carboxylic acids is 1. The standard InChI is InChI=1S/C20H27N5O3/c1-14(2)18(20(27)28)23-19(26)15(12-21)13-22-16-4-6-17(7-5-16)25-10-8-24(3)9-11-25/h4-7,13-14,18,22H,8-11H2,1-3H3,(H,23,26)(H,27,28)/b15-13-. The number of anilines is 2. The highest BCUT2D eigenvalue weighted by molar-refractivity contribution is 5.99. The molecule has 8 nitrogen and oxygen atoms in total. The van der Waals surface area contributed by atoms with Crippen LogP contribution >= 0.6 is 0 Å². The molecule has 1 aliphatic rings. The first-order chi connectivity index (χ1) is 13.3. The number of amides is 1. The lowest BCUT2D eigenvalue weighted by Gasteiger charge is -2.34. The van der Waals surface area contributed by atoms with Crippen molar-refractivity contribution < 1.29 is 14.7 Å². The van der Waals surface area contributed by atoms with Crippen molar-refractivity contribution in [2.24, 2.45) is 5.92 Å². The Kier molecular flexibility index (Phi) is 7.41. The van der Waals surface area contributed by atoms with Gasteiger partial charge in [-0.3, -0.25) is 4.79 Å². The Morgan fingerprint density at radius 1 is 1.18 bits per heavy atom. The molecule has 0 aromatic heterocycles. The number of carbonyl (C=O) groups is 2. The van der Waals surface area contributed by atoms with Crippen molar-refractivity contribution in [3.63, 3.8) is 0 Å². The summed E-state index contributed by atoms with van der Waals surface area (Å²) in [5, 5.41) is 23.7. The normalized spacial score (nSPS) is 16.4. The van der Waals surface area contributed by atoms with E-state index in [1.165, 1.54) is 6.20 Å². The van der Waals surface area contributed by atoms with E-state index >= 15 is 0 Å². The van der Waals surface area contributed by atoms with Crippen LogP contribution in [0.3, 0.4) is 0 Å². The van der Waals surface area contributed by atoms with Gasteiger partial charge in [-0.1, -0.05) is 13.8 Å². The second kappa shape index (κ2) is 9.76. The summed E-state index contributed by atoms with van der Waals surface area (Å²) in [6.45, 7) is 7.38. The summed E-state index contributed by atoms with van der Waals surface area (Å²) in [7, 11) is 2.11. The number of carboxylic acids is 1. The molecule has 0 bridgehead atoms. The summed E-state index contributed by atoms with van der Waals surface area (Å²) in [4.78, 5) is 28.0. The van der Waals surface area contributed by atoms with Gasteiger partial charge >= 0.3 is 5.97 Å². The van der Waals surface area contributed by atoms with Gasteiger partial charge in [0.1, 0.15) is 17.7 Å². The maximum Gasteiger partial charge on any atom is 0.326 e. The van der Waals surface area contributed by atoms with E-state index in [-0.39, 0.29) is 11.5 Å². The highest BCUT2D eigenvalue weighted by atomic mass is 16.4. The third-order valence-corrected chi connectivity index (χ3v) is 4.70. The van der Waals surface area contributed by atoms with Gasteiger partial charge in [0.2, 0.25) is 0 Å². The van der Waals surface area contributed by atoms with Crippen LogP contribution in [-0.4, -0.2) is 61.2 Å². The molecule has 1 amide bonds. The number of carbonyl (C=O) groups excluding carboxylic acids is 1. The monoisotopic (exact) mass is 385 g/mol. The van der Waals surface area contributed by atoms with Crippen LogP contribution in [0.4, 0.5) is 11.4 Å². The molecule has 28 heavy (non-hydrogen) atoms. The average Bonchev–Trinajstić information content (AvgIpc) is 2.67. The molecule has 0 saturated carbocycles. The number of carboxylic acid groups (broad SMARTS) is 1. The Labute approximate surface area is 165 Å². The molecule has 1 saturated heterocycles. The van der Waals surface area contributed by atoms with E-state index in [1.54, 1.807) is 19.9 Å². The van der Waals surface area contributed by atoms with Crippen molar-refractivity contribution in [3.8, 4) is 6.07 Å². The van der Waals surface area contributed by atoms with Gasteiger partial charge in [0, 0.05) is 43.8 Å². The Morgan fingerprint density at radius 3 is 2.29 bits per heavy atom. The summed E-state index contributed by atoms with van der Waals surface area (Å²) in [5.74, 6) is -2.14. The lowest BCUT2D eigenvalue weighted by molar-refractivity contribution is -0.142. The van der Waals surface area contributed by atoms with Crippen LogP contribution in [0.15, 0.2) is 36.0 Å². The van der Waals surface area contributed by atoms with E-state index in [0.29, 0.717) is 0 Å². The topological polar surface area (TPSA) is 109 Å². The fourth-order valence-corrected chi connectivity index (χ4v) is 2.87. The molecule has 1 atom stereocenters. The van der Waals surface area contributed by atoms with Gasteiger partial charge < -0.3 is 25.5 Å². The highest BCUT2D eigenvalue weighted by Crippen LogP contribution is 2.19. The minimum absolute atomic E-state index is 0.185. The molecule has 1 fully saturated rings. The fourth-order valence-electron chi connectivity index (χ4n) is 2.87.